The third-order valence-corrected chi connectivity index (χ3v) is 3.04. The lowest BCUT2D eigenvalue weighted by Crippen LogP contribution is -2.23. The smallest absolute Gasteiger partial charge is 0.312 e. The Morgan fingerprint density at radius 2 is 2.42 bits per heavy atom. The first-order valence-corrected chi connectivity index (χ1v) is 5.86. The minimum Gasteiger partial charge on any atom is -0.409 e. The van der Waals surface area contributed by atoms with Gasteiger partial charge in [0.05, 0.1) is 4.92 Å². The van der Waals surface area contributed by atoms with Crippen molar-refractivity contribution < 1.29 is 10.1 Å². The van der Waals surface area contributed by atoms with Crippen LogP contribution < -0.4 is 10.6 Å². The summed E-state index contributed by atoms with van der Waals surface area (Å²) in [6.45, 7) is 0.747. The highest BCUT2D eigenvalue weighted by atomic mass is 16.6. The van der Waals surface area contributed by atoms with E-state index < -0.39 is 4.92 Å². The Hall–Kier alpha value is -2.38. The van der Waals surface area contributed by atoms with Gasteiger partial charge in [0.25, 0.3) is 0 Å². The van der Waals surface area contributed by atoms with Crippen LogP contribution in [0.15, 0.2) is 17.4 Å². The Morgan fingerprint density at radius 1 is 1.74 bits per heavy atom. The van der Waals surface area contributed by atoms with Gasteiger partial charge in [0.1, 0.15) is 0 Å². The summed E-state index contributed by atoms with van der Waals surface area (Å²) in [7, 11) is 1.77. The number of pyridine rings is 1. The molecule has 1 aromatic rings. The summed E-state index contributed by atoms with van der Waals surface area (Å²) in [5.41, 5.74) is 5.48. The summed E-state index contributed by atoms with van der Waals surface area (Å²) in [5, 5.41) is 22.5. The molecule has 102 valence electrons. The molecular weight excluding hydrogens is 250 g/mol. The summed E-state index contributed by atoms with van der Waals surface area (Å²) < 4.78 is 0. The quantitative estimate of drug-likeness (QED) is 0.269. The highest BCUT2D eigenvalue weighted by Gasteiger charge is 2.27. The predicted molar refractivity (Wildman–Crippen MR) is 69.4 cm³/mol. The molecule has 8 nitrogen and oxygen atoms in total. The minimum absolute atomic E-state index is 0.146. The first kappa shape index (κ1) is 13.1. The Labute approximate surface area is 109 Å². The number of rotatable bonds is 5. The van der Waals surface area contributed by atoms with Crippen LogP contribution in [-0.2, 0) is 0 Å². The van der Waals surface area contributed by atoms with Crippen molar-refractivity contribution in [1.82, 2.24) is 4.98 Å². The maximum Gasteiger partial charge on any atom is 0.312 e. The van der Waals surface area contributed by atoms with Crippen LogP contribution in [0.1, 0.15) is 18.4 Å². The lowest BCUT2D eigenvalue weighted by Gasteiger charge is -2.17. The van der Waals surface area contributed by atoms with Gasteiger partial charge in [0.2, 0.25) is 5.82 Å². The largest absolute Gasteiger partial charge is 0.409 e. The molecule has 1 fully saturated rings. The maximum atomic E-state index is 11.1. The lowest BCUT2D eigenvalue weighted by atomic mass is 10.2. The van der Waals surface area contributed by atoms with Crippen LogP contribution in [0.4, 0.5) is 11.5 Å². The topological polar surface area (TPSA) is 118 Å². The van der Waals surface area contributed by atoms with Gasteiger partial charge in [-0.05, 0) is 18.8 Å². The molecule has 0 spiro atoms. The molecule has 0 aliphatic heterocycles. The van der Waals surface area contributed by atoms with Crippen molar-refractivity contribution in [3.8, 4) is 0 Å². The molecule has 1 aliphatic carbocycles. The second kappa shape index (κ2) is 5.09. The van der Waals surface area contributed by atoms with E-state index in [0.717, 1.165) is 19.4 Å². The number of nitrogens with two attached hydrogens (primary N) is 1. The van der Waals surface area contributed by atoms with Gasteiger partial charge < -0.3 is 15.8 Å². The molecule has 1 heterocycles. The van der Waals surface area contributed by atoms with E-state index >= 15 is 0 Å². The zero-order valence-electron chi connectivity index (χ0n) is 10.5. The number of oxime groups is 1. The number of hydrogen-bond donors (Lipinski definition) is 2. The van der Waals surface area contributed by atoms with Crippen molar-refractivity contribution in [2.75, 3.05) is 18.5 Å². The van der Waals surface area contributed by atoms with E-state index in [4.69, 9.17) is 10.9 Å². The van der Waals surface area contributed by atoms with Crippen LogP contribution in [0.3, 0.4) is 0 Å². The fraction of sp³-hybridized carbons (Fsp3) is 0.455. The monoisotopic (exact) mass is 265 g/mol. The summed E-state index contributed by atoms with van der Waals surface area (Å²) in [5.74, 6) is 0.688. The maximum absolute atomic E-state index is 11.1. The summed E-state index contributed by atoms with van der Waals surface area (Å²) in [6, 6.07) is 1.26. The van der Waals surface area contributed by atoms with E-state index in [1.165, 1.54) is 12.3 Å². The lowest BCUT2D eigenvalue weighted by molar-refractivity contribution is -0.384. The molecule has 8 heteroatoms. The van der Waals surface area contributed by atoms with Gasteiger partial charge in [-0.1, -0.05) is 5.16 Å². The molecule has 0 radical (unpaired) electrons. The SMILES string of the molecule is CN(CC1CC1)c1ncc(C(N)=NO)cc1[N+](=O)[O-]. The molecule has 1 saturated carbocycles. The zero-order valence-corrected chi connectivity index (χ0v) is 10.5. The van der Waals surface area contributed by atoms with Crippen molar-refractivity contribution in [2.45, 2.75) is 12.8 Å². The number of amidine groups is 1. The van der Waals surface area contributed by atoms with Gasteiger partial charge >= 0.3 is 5.69 Å². The summed E-state index contributed by atoms with van der Waals surface area (Å²) in [6.07, 6.45) is 3.67. The van der Waals surface area contributed by atoms with E-state index in [-0.39, 0.29) is 17.1 Å². The van der Waals surface area contributed by atoms with Crippen molar-refractivity contribution >= 4 is 17.3 Å². The van der Waals surface area contributed by atoms with Crippen LogP contribution in [0, 0.1) is 16.0 Å². The van der Waals surface area contributed by atoms with Gasteiger partial charge in [-0.25, -0.2) is 4.98 Å². The Bertz CT molecular complexity index is 527. The van der Waals surface area contributed by atoms with Gasteiger partial charge in [0.15, 0.2) is 5.84 Å². The second-order valence-electron chi connectivity index (χ2n) is 4.63. The Kier molecular flexibility index (Phi) is 3.50. The minimum atomic E-state index is -0.514. The second-order valence-corrected chi connectivity index (χ2v) is 4.63. The van der Waals surface area contributed by atoms with Gasteiger partial charge in [-0.2, -0.15) is 0 Å². The molecular formula is C11H15N5O3. The fourth-order valence-electron chi connectivity index (χ4n) is 1.85. The average molecular weight is 265 g/mol. The third kappa shape index (κ3) is 2.90. The van der Waals surface area contributed by atoms with Gasteiger partial charge in [-0.15, -0.1) is 0 Å². The van der Waals surface area contributed by atoms with Gasteiger partial charge in [-0.3, -0.25) is 10.1 Å². The Balaban J connectivity index is 2.34. The molecule has 0 atom stereocenters. The standard InChI is InChI=1S/C11H15N5O3/c1-15(6-7-2-3-7)11-9(16(18)19)4-8(5-13-11)10(12)14-17/h4-5,7,17H,2-3,6H2,1H3,(H2,12,14). The molecule has 0 bridgehead atoms. The highest BCUT2D eigenvalue weighted by molar-refractivity contribution is 5.97. The summed E-state index contributed by atoms with van der Waals surface area (Å²) >= 11 is 0. The van der Waals surface area contributed by atoms with E-state index in [2.05, 4.69) is 10.1 Å². The van der Waals surface area contributed by atoms with Gasteiger partial charge in [0, 0.05) is 31.4 Å². The van der Waals surface area contributed by atoms with Crippen LogP contribution in [0.5, 0.6) is 0 Å². The number of nitro groups is 1. The highest BCUT2D eigenvalue weighted by Crippen LogP contribution is 2.33. The molecule has 0 amide bonds. The molecule has 0 saturated heterocycles. The van der Waals surface area contributed by atoms with Crippen molar-refractivity contribution in [2.24, 2.45) is 16.8 Å². The number of hydrogen-bond acceptors (Lipinski definition) is 6. The molecule has 19 heavy (non-hydrogen) atoms. The van der Waals surface area contributed by atoms with Crippen LogP contribution in [-0.4, -0.2) is 34.5 Å². The molecule has 1 aliphatic rings. The molecule has 1 aromatic heterocycles. The molecule has 0 unspecified atom stereocenters. The molecule has 2 rings (SSSR count). The fourth-order valence-corrected chi connectivity index (χ4v) is 1.85. The first-order valence-electron chi connectivity index (χ1n) is 5.86. The predicted octanol–water partition coefficient (Wildman–Crippen LogP) is 0.931. The van der Waals surface area contributed by atoms with E-state index in [1.54, 1.807) is 11.9 Å². The van der Waals surface area contributed by atoms with Crippen LogP contribution in [0.25, 0.3) is 0 Å². The number of anilines is 1. The van der Waals surface area contributed by atoms with E-state index in [9.17, 15) is 10.1 Å². The van der Waals surface area contributed by atoms with E-state index in [1.807, 2.05) is 0 Å². The molecule has 0 aromatic carbocycles. The number of aromatic nitrogens is 1. The molecule has 3 N–H and O–H groups in total. The first-order chi connectivity index (χ1) is 9.02. The summed E-state index contributed by atoms with van der Waals surface area (Å²) in [4.78, 5) is 16.4. The van der Waals surface area contributed by atoms with Crippen LogP contribution in [0.2, 0.25) is 0 Å². The number of nitrogens with zero attached hydrogens (tertiary/aromatic N) is 4. The zero-order chi connectivity index (χ0) is 14.0. The van der Waals surface area contributed by atoms with Crippen LogP contribution >= 0.6 is 0 Å². The third-order valence-electron chi connectivity index (χ3n) is 3.04. The van der Waals surface area contributed by atoms with Crippen molar-refractivity contribution in [3.63, 3.8) is 0 Å². The normalized spacial score (nSPS) is 15.3. The Morgan fingerprint density at radius 3 is 2.95 bits per heavy atom. The van der Waals surface area contributed by atoms with Crippen molar-refractivity contribution in [3.05, 3.63) is 27.9 Å². The van der Waals surface area contributed by atoms with Crippen molar-refractivity contribution in [1.29, 1.82) is 0 Å². The van der Waals surface area contributed by atoms with E-state index in [0.29, 0.717) is 11.7 Å². The average Bonchev–Trinajstić information content (AvgIpc) is 3.20.